The zero-order valence-electron chi connectivity index (χ0n) is 5.05. The van der Waals surface area contributed by atoms with Gasteiger partial charge in [0.2, 0.25) is 0 Å². The molecule has 11 heavy (non-hydrogen) atoms. The molecule has 0 fully saturated rings. The summed E-state index contributed by atoms with van der Waals surface area (Å²) in [5.74, 6) is -0.710. The minimum absolute atomic E-state index is 0.00775. The first kappa shape index (κ1) is 8.90. The lowest BCUT2D eigenvalue weighted by molar-refractivity contribution is 0.593. The van der Waals surface area contributed by atoms with Gasteiger partial charge in [-0.2, -0.15) is 0 Å². The molecule has 0 aliphatic heterocycles. The van der Waals surface area contributed by atoms with Gasteiger partial charge in [0.1, 0.15) is 15.9 Å². The fraction of sp³-hybridized carbons (Fsp3) is 0. The van der Waals surface area contributed by atoms with Crippen LogP contribution in [0.2, 0.25) is 5.15 Å². The van der Waals surface area contributed by atoms with E-state index >= 15 is 0 Å². The lowest BCUT2D eigenvalue weighted by Gasteiger charge is -1.95. The largest absolute Gasteiger partial charge is 0.243 e. The van der Waals surface area contributed by atoms with Crippen molar-refractivity contribution in [1.29, 1.82) is 0 Å². The van der Waals surface area contributed by atoms with Crippen molar-refractivity contribution in [3.8, 4) is 0 Å². The number of pyridine rings is 1. The first-order valence-corrected chi connectivity index (χ1v) is 4.85. The van der Waals surface area contributed by atoms with Crippen molar-refractivity contribution >= 4 is 32.3 Å². The van der Waals surface area contributed by atoms with Crippen molar-refractivity contribution in [2.24, 2.45) is 0 Å². The van der Waals surface area contributed by atoms with Gasteiger partial charge >= 0.3 is 0 Å². The molecule has 6 heteroatoms. The number of halogens is 3. The van der Waals surface area contributed by atoms with Crippen LogP contribution < -0.4 is 0 Å². The van der Waals surface area contributed by atoms with Crippen LogP contribution in [0.5, 0.6) is 0 Å². The Morgan fingerprint density at radius 2 is 2.27 bits per heavy atom. The molecule has 1 heterocycles. The minimum atomic E-state index is -1.87. The number of nitrogens with zero attached hydrogens (tertiary/aromatic N) is 1. The summed E-state index contributed by atoms with van der Waals surface area (Å²) in [7, 11) is 3.24. The molecule has 0 amide bonds. The minimum Gasteiger partial charge on any atom is -0.243 e. The van der Waals surface area contributed by atoms with Gasteiger partial charge in [0.15, 0.2) is 10.0 Å². The van der Waals surface area contributed by atoms with E-state index < -0.39 is 15.8 Å². The van der Waals surface area contributed by atoms with Crippen LogP contribution >= 0.6 is 22.3 Å². The van der Waals surface area contributed by atoms with E-state index in [0.29, 0.717) is 0 Å². The second-order valence-corrected chi connectivity index (χ2v) is 3.78. The number of rotatable bonds is 1. The van der Waals surface area contributed by atoms with E-state index in [2.05, 4.69) is 4.98 Å². The standard InChI is InChI=1S/C5H2Cl2FNOS/c6-5-1-3(8)4(2-9-5)11(7)10/h1-2H. The summed E-state index contributed by atoms with van der Waals surface area (Å²) >= 11 is 5.33. The summed E-state index contributed by atoms with van der Waals surface area (Å²) in [6.07, 6.45) is 1.04. The molecule has 1 unspecified atom stereocenters. The van der Waals surface area contributed by atoms with Crippen molar-refractivity contribution in [2.75, 3.05) is 0 Å². The molecule has 1 aromatic rings. The number of hydrogen-bond donors (Lipinski definition) is 0. The summed E-state index contributed by atoms with van der Waals surface area (Å²) in [4.78, 5) is 3.35. The maximum absolute atomic E-state index is 12.7. The summed E-state index contributed by atoms with van der Waals surface area (Å²) in [6.45, 7) is 0. The van der Waals surface area contributed by atoms with Gasteiger partial charge in [-0.25, -0.2) is 13.6 Å². The van der Waals surface area contributed by atoms with Gasteiger partial charge in [0.05, 0.1) is 0 Å². The van der Waals surface area contributed by atoms with Crippen molar-refractivity contribution in [1.82, 2.24) is 4.98 Å². The SMILES string of the molecule is O=S(Cl)c1cnc(Cl)cc1F. The van der Waals surface area contributed by atoms with E-state index in [9.17, 15) is 8.60 Å². The van der Waals surface area contributed by atoms with Crippen LogP contribution in [-0.4, -0.2) is 9.19 Å². The van der Waals surface area contributed by atoms with Crippen LogP contribution in [0, 0.1) is 5.82 Å². The summed E-state index contributed by atoms with van der Waals surface area (Å²) in [5.41, 5.74) is 0. The number of hydrogen-bond acceptors (Lipinski definition) is 2. The lowest BCUT2D eigenvalue weighted by Crippen LogP contribution is -1.89. The molecule has 0 radical (unpaired) electrons. The fourth-order valence-electron chi connectivity index (χ4n) is 0.513. The van der Waals surface area contributed by atoms with Crippen molar-refractivity contribution in [2.45, 2.75) is 4.90 Å². The fourth-order valence-corrected chi connectivity index (χ4v) is 1.35. The van der Waals surface area contributed by atoms with Gasteiger partial charge in [-0.05, 0) is 10.7 Å². The molecule has 0 saturated carbocycles. The Morgan fingerprint density at radius 1 is 1.64 bits per heavy atom. The van der Waals surface area contributed by atoms with Gasteiger partial charge in [-0.1, -0.05) is 11.6 Å². The lowest BCUT2D eigenvalue weighted by atomic mass is 10.5. The van der Waals surface area contributed by atoms with Crippen molar-refractivity contribution in [3.63, 3.8) is 0 Å². The Morgan fingerprint density at radius 3 is 2.73 bits per heavy atom. The second-order valence-electron chi connectivity index (χ2n) is 1.66. The van der Waals surface area contributed by atoms with Crippen LogP contribution in [0.15, 0.2) is 17.2 Å². The maximum Gasteiger partial charge on any atom is 0.152 e. The van der Waals surface area contributed by atoms with E-state index in [0.717, 1.165) is 12.3 Å². The molecule has 1 rings (SSSR count). The summed E-state index contributed by atoms with van der Waals surface area (Å²) in [5, 5.41) is 0.00775. The second kappa shape index (κ2) is 3.47. The Bertz CT molecular complexity index is 307. The molecule has 0 bridgehead atoms. The maximum atomic E-state index is 12.7. The smallest absolute Gasteiger partial charge is 0.152 e. The molecule has 2 nitrogen and oxygen atoms in total. The molecular weight excluding hydrogens is 212 g/mol. The van der Waals surface area contributed by atoms with E-state index in [-0.39, 0.29) is 10.0 Å². The Balaban J connectivity index is 3.20. The molecule has 0 aliphatic rings. The molecule has 1 aromatic heterocycles. The third-order valence-electron chi connectivity index (χ3n) is 0.959. The third kappa shape index (κ3) is 2.12. The average Bonchev–Trinajstić information content (AvgIpc) is 1.85. The molecule has 0 spiro atoms. The molecule has 0 saturated heterocycles. The molecule has 60 valence electrons. The van der Waals surface area contributed by atoms with Crippen LogP contribution in [0.4, 0.5) is 4.39 Å². The first-order chi connectivity index (χ1) is 5.11. The summed E-state index contributed by atoms with van der Waals surface area (Å²) in [6, 6.07) is 0.956. The van der Waals surface area contributed by atoms with Gasteiger partial charge in [-0.15, -0.1) is 0 Å². The highest BCUT2D eigenvalue weighted by molar-refractivity contribution is 8.08. The average molecular weight is 214 g/mol. The first-order valence-electron chi connectivity index (χ1n) is 2.50. The third-order valence-corrected chi connectivity index (χ3v) is 2.31. The highest BCUT2D eigenvalue weighted by Crippen LogP contribution is 2.16. The van der Waals surface area contributed by atoms with Crippen LogP contribution in [0.3, 0.4) is 0 Å². The highest BCUT2D eigenvalue weighted by atomic mass is 35.7. The van der Waals surface area contributed by atoms with E-state index in [1.54, 1.807) is 0 Å². The molecule has 0 N–H and O–H groups in total. The summed E-state index contributed by atoms with van der Waals surface area (Å²) < 4.78 is 23.2. The van der Waals surface area contributed by atoms with Crippen LogP contribution in [-0.2, 0) is 10.0 Å². The number of aromatic nitrogens is 1. The van der Waals surface area contributed by atoms with Crippen LogP contribution in [0.25, 0.3) is 0 Å². The molecular formula is C5H2Cl2FNOS. The molecule has 0 aromatic carbocycles. The van der Waals surface area contributed by atoms with Gasteiger partial charge in [0, 0.05) is 12.3 Å². The predicted octanol–water partition coefficient (Wildman–Crippen LogP) is 2.14. The normalized spacial score (nSPS) is 13.0. The zero-order chi connectivity index (χ0) is 8.43. The zero-order valence-corrected chi connectivity index (χ0v) is 7.38. The van der Waals surface area contributed by atoms with Crippen molar-refractivity contribution in [3.05, 3.63) is 23.2 Å². The van der Waals surface area contributed by atoms with E-state index in [1.807, 2.05) is 0 Å². The quantitative estimate of drug-likeness (QED) is 0.529. The monoisotopic (exact) mass is 213 g/mol. The Labute approximate surface area is 74.3 Å². The Hall–Kier alpha value is -0.190. The topological polar surface area (TPSA) is 30.0 Å². The van der Waals surface area contributed by atoms with E-state index in [4.69, 9.17) is 22.3 Å². The van der Waals surface area contributed by atoms with Crippen molar-refractivity contribution < 1.29 is 8.60 Å². The van der Waals surface area contributed by atoms with Crippen LogP contribution in [0.1, 0.15) is 0 Å². The van der Waals surface area contributed by atoms with Gasteiger partial charge < -0.3 is 0 Å². The Kier molecular flexibility index (Phi) is 2.81. The molecule has 0 aliphatic carbocycles. The van der Waals surface area contributed by atoms with Gasteiger partial charge in [0.25, 0.3) is 0 Å². The van der Waals surface area contributed by atoms with Gasteiger partial charge in [-0.3, -0.25) is 0 Å². The molecule has 1 atom stereocenters. The van der Waals surface area contributed by atoms with E-state index in [1.165, 1.54) is 0 Å². The highest BCUT2D eigenvalue weighted by Gasteiger charge is 2.08. The predicted molar refractivity (Wildman–Crippen MR) is 41.5 cm³/mol.